The maximum atomic E-state index is 11.6. The number of nitrogens with two attached hydrogens (primary N) is 1. The number of fused-ring (bicyclic) bond motifs is 1. The third-order valence-corrected chi connectivity index (χ3v) is 4.54. The van der Waals surface area contributed by atoms with Crippen LogP contribution in [0.3, 0.4) is 0 Å². The Bertz CT molecular complexity index is 828. The van der Waals surface area contributed by atoms with Crippen molar-refractivity contribution in [3.05, 3.63) is 12.7 Å². The van der Waals surface area contributed by atoms with E-state index in [2.05, 4.69) is 15.0 Å². The molecule has 0 saturated carbocycles. The number of imidazole rings is 1. The third kappa shape index (κ3) is 3.44. The molecule has 0 aliphatic carbocycles. The average Bonchev–Trinajstić information content (AvgIpc) is 3.12. The van der Waals surface area contributed by atoms with E-state index in [1.165, 1.54) is 38.3 Å². The summed E-state index contributed by atoms with van der Waals surface area (Å²) >= 11 is 1.53. The van der Waals surface area contributed by atoms with Gasteiger partial charge in [0, 0.05) is 19.6 Å². The first-order valence-corrected chi connectivity index (χ1v) is 9.23. The molecule has 1 aliphatic rings. The van der Waals surface area contributed by atoms with Crippen LogP contribution in [0.2, 0.25) is 0 Å². The molecule has 1 fully saturated rings. The van der Waals surface area contributed by atoms with Gasteiger partial charge in [0.1, 0.15) is 17.9 Å². The fraction of sp³-hybridized carbons (Fsp3) is 0.533. The van der Waals surface area contributed by atoms with E-state index in [4.69, 9.17) is 19.9 Å². The van der Waals surface area contributed by atoms with Gasteiger partial charge < -0.3 is 19.9 Å². The summed E-state index contributed by atoms with van der Waals surface area (Å²) in [7, 11) is 0. The molecule has 0 radical (unpaired) electrons. The molecule has 1 aliphatic heterocycles. The molecule has 3 rings (SSSR count). The van der Waals surface area contributed by atoms with Gasteiger partial charge >= 0.3 is 11.9 Å². The van der Waals surface area contributed by atoms with Gasteiger partial charge in [-0.25, -0.2) is 15.0 Å². The minimum absolute atomic E-state index is 0.230. The summed E-state index contributed by atoms with van der Waals surface area (Å²) in [4.78, 5) is 35.5. The van der Waals surface area contributed by atoms with Gasteiger partial charge in [-0.2, -0.15) is 11.8 Å². The second kappa shape index (κ2) is 7.46. The summed E-state index contributed by atoms with van der Waals surface area (Å²) in [5.74, 6) is -0.211. The van der Waals surface area contributed by atoms with Crippen LogP contribution in [0, 0.1) is 0 Å². The molecule has 11 heteroatoms. The van der Waals surface area contributed by atoms with Gasteiger partial charge in [0.05, 0.1) is 6.33 Å². The van der Waals surface area contributed by atoms with Crippen LogP contribution in [0.15, 0.2) is 12.7 Å². The minimum atomic E-state index is -0.845. The fourth-order valence-corrected chi connectivity index (χ4v) is 3.53. The van der Waals surface area contributed by atoms with Gasteiger partial charge in [-0.1, -0.05) is 0 Å². The molecule has 10 nitrogen and oxygen atoms in total. The number of carbonyl (C=O) groups is 2. The van der Waals surface area contributed by atoms with E-state index in [-0.39, 0.29) is 5.82 Å². The van der Waals surface area contributed by atoms with E-state index in [1.54, 1.807) is 4.57 Å². The summed E-state index contributed by atoms with van der Waals surface area (Å²) < 4.78 is 18.5. The van der Waals surface area contributed by atoms with E-state index in [0.29, 0.717) is 16.9 Å². The molecule has 2 aromatic heterocycles. The van der Waals surface area contributed by atoms with Gasteiger partial charge in [0.25, 0.3) is 0 Å². The van der Waals surface area contributed by atoms with Crippen LogP contribution in [0.1, 0.15) is 20.1 Å². The second-order valence-electron chi connectivity index (χ2n) is 5.75. The van der Waals surface area contributed by atoms with Crippen molar-refractivity contribution in [2.45, 2.75) is 38.4 Å². The number of thioether (sulfide) groups is 1. The van der Waals surface area contributed by atoms with Crippen LogP contribution in [0.5, 0.6) is 0 Å². The summed E-state index contributed by atoms with van der Waals surface area (Å²) in [5.41, 5.74) is 6.67. The second-order valence-corrected chi connectivity index (χ2v) is 6.66. The largest absolute Gasteiger partial charge is 0.456 e. The topological polar surface area (TPSA) is 131 Å². The number of anilines is 1. The van der Waals surface area contributed by atoms with E-state index in [0.717, 1.165) is 0 Å². The van der Waals surface area contributed by atoms with Gasteiger partial charge in [0.15, 0.2) is 29.9 Å². The molecule has 140 valence electrons. The van der Waals surface area contributed by atoms with Gasteiger partial charge in [-0.3, -0.25) is 14.2 Å². The fourth-order valence-electron chi connectivity index (χ4n) is 2.94. The van der Waals surface area contributed by atoms with Crippen LogP contribution in [-0.2, 0) is 23.8 Å². The van der Waals surface area contributed by atoms with Crippen LogP contribution < -0.4 is 5.73 Å². The lowest BCUT2D eigenvalue weighted by atomic mass is 10.1. The molecule has 0 bridgehead atoms. The molecular formula is C15H19N5O5S. The quantitative estimate of drug-likeness (QED) is 0.732. The highest BCUT2D eigenvalue weighted by atomic mass is 32.2. The Morgan fingerprint density at radius 2 is 1.92 bits per heavy atom. The molecule has 2 N–H and O–H groups in total. The lowest BCUT2D eigenvalue weighted by Gasteiger charge is -2.23. The van der Waals surface area contributed by atoms with Crippen LogP contribution in [0.25, 0.3) is 11.2 Å². The highest BCUT2D eigenvalue weighted by Gasteiger charge is 2.50. The number of hydrogen-bond donors (Lipinski definition) is 1. The SMILES string of the molecule is CSC[C@H]1O[C@@H](n2cnc3c(N)ncnc32)C(OC(C)=O)C1OC(C)=O. The van der Waals surface area contributed by atoms with E-state index >= 15 is 0 Å². The first kappa shape index (κ1) is 18.4. The average molecular weight is 381 g/mol. The number of rotatable bonds is 5. The Morgan fingerprint density at radius 1 is 1.23 bits per heavy atom. The van der Waals surface area contributed by atoms with Crippen LogP contribution in [-0.4, -0.2) is 61.8 Å². The molecule has 26 heavy (non-hydrogen) atoms. The molecule has 4 atom stereocenters. The first-order chi connectivity index (χ1) is 12.4. The third-order valence-electron chi connectivity index (χ3n) is 3.88. The minimum Gasteiger partial charge on any atom is -0.456 e. The summed E-state index contributed by atoms with van der Waals surface area (Å²) in [6, 6.07) is 0. The van der Waals surface area contributed by atoms with Crippen molar-refractivity contribution in [3.63, 3.8) is 0 Å². The van der Waals surface area contributed by atoms with Crippen molar-refractivity contribution in [1.82, 2.24) is 19.5 Å². The summed E-state index contributed by atoms with van der Waals surface area (Å²) in [5, 5.41) is 0. The van der Waals surface area contributed by atoms with E-state index < -0.39 is 36.5 Å². The van der Waals surface area contributed by atoms with Crippen molar-refractivity contribution < 1.29 is 23.8 Å². The standard InChI is InChI=1S/C15H19N5O5S/c1-7(21)23-11-9(4-26-3)25-15(12(11)24-8(2)22)20-6-19-10-13(16)17-5-18-14(10)20/h5-6,9,11-12,15H,4H2,1-3H3,(H2,16,17,18)/t9-,11?,12?,15-/m1/s1. The van der Waals surface area contributed by atoms with Gasteiger partial charge in [0.2, 0.25) is 0 Å². The molecule has 0 amide bonds. The predicted octanol–water partition coefficient (Wildman–Crippen LogP) is 0.532. The normalized spacial score (nSPS) is 25.3. The van der Waals surface area contributed by atoms with Crippen LogP contribution in [0.4, 0.5) is 5.82 Å². The summed E-state index contributed by atoms with van der Waals surface area (Å²) in [6.07, 6.45) is 1.90. The highest BCUT2D eigenvalue weighted by molar-refractivity contribution is 7.98. The Balaban J connectivity index is 2.03. The van der Waals surface area contributed by atoms with E-state index in [9.17, 15) is 9.59 Å². The van der Waals surface area contributed by atoms with Gasteiger partial charge in [-0.15, -0.1) is 0 Å². The zero-order valence-electron chi connectivity index (χ0n) is 14.5. The number of ether oxygens (including phenoxy) is 3. The maximum absolute atomic E-state index is 11.6. The molecule has 3 heterocycles. The molecule has 1 saturated heterocycles. The van der Waals surface area contributed by atoms with Crippen LogP contribution >= 0.6 is 11.8 Å². The molecule has 0 spiro atoms. The Hall–Kier alpha value is -2.40. The summed E-state index contributed by atoms with van der Waals surface area (Å²) in [6.45, 7) is 2.59. The molecular weight excluding hydrogens is 362 g/mol. The smallest absolute Gasteiger partial charge is 0.303 e. The zero-order valence-corrected chi connectivity index (χ0v) is 15.3. The zero-order chi connectivity index (χ0) is 18.8. The number of carbonyl (C=O) groups excluding carboxylic acids is 2. The monoisotopic (exact) mass is 381 g/mol. The maximum Gasteiger partial charge on any atom is 0.303 e. The number of nitrogen functional groups attached to an aromatic ring is 1. The number of esters is 2. The Kier molecular flexibility index (Phi) is 5.28. The Labute approximate surface area is 153 Å². The van der Waals surface area contributed by atoms with Crippen molar-refractivity contribution in [2.24, 2.45) is 0 Å². The lowest BCUT2D eigenvalue weighted by molar-refractivity contribution is -0.165. The van der Waals surface area contributed by atoms with Gasteiger partial charge in [-0.05, 0) is 6.26 Å². The molecule has 2 unspecified atom stereocenters. The first-order valence-electron chi connectivity index (χ1n) is 7.84. The molecule has 2 aromatic rings. The Morgan fingerprint density at radius 3 is 2.58 bits per heavy atom. The molecule has 0 aromatic carbocycles. The number of aromatic nitrogens is 4. The van der Waals surface area contributed by atoms with Crippen molar-refractivity contribution >= 4 is 40.7 Å². The van der Waals surface area contributed by atoms with Crippen molar-refractivity contribution in [1.29, 1.82) is 0 Å². The van der Waals surface area contributed by atoms with Crippen molar-refractivity contribution in [2.75, 3.05) is 17.7 Å². The van der Waals surface area contributed by atoms with E-state index in [1.807, 2.05) is 6.26 Å². The highest BCUT2D eigenvalue weighted by Crippen LogP contribution is 2.36. The number of hydrogen-bond acceptors (Lipinski definition) is 10. The van der Waals surface area contributed by atoms with Crippen molar-refractivity contribution in [3.8, 4) is 0 Å². The lowest BCUT2D eigenvalue weighted by Crippen LogP contribution is -2.39. The predicted molar refractivity (Wildman–Crippen MR) is 93.1 cm³/mol. The number of nitrogens with zero attached hydrogens (tertiary/aromatic N) is 4.